The van der Waals surface area contributed by atoms with E-state index in [4.69, 9.17) is 4.42 Å². The van der Waals surface area contributed by atoms with Gasteiger partial charge >= 0.3 is 0 Å². The molecule has 21 heavy (non-hydrogen) atoms. The quantitative estimate of drug-likeness (QED) is 0.887. The van der Waals surface area contributed by atoms with Crippen LogP contribution in [0, 0.1) is 6.92 Å². The van der Waals surface area contributed by atoms with E-state index in [1.54, 1.807) is 0 Å². The van der Waals surface area contributed by atoms with Crippen LogP contribution < -0.4 is 5.32 Å². The van der Waals surface area contributed by atoms with Crippen molar-refractivity contribution in [2.45, 2.75) is 83.5 Å². The summed E-state index contributed by atoms with van der Waals surface area (Å²) < 4.78 is 5.90. The van der Waals surface area contributed by atoms with Crippen LogP contribution in [0.4, 0.5) is 0 Å². The normalized spacial score (nSPS) is 31.3. The van der Waals surface area contributed by atoms with Gasteiger partial charge in [-0.25, -0.2) is 0 Å². The Morgan fingerprint density at radius 3 is 2.57 bits per heavy atom. The first-order valence-corrected chi connectivity index (χ1v) is 8.76. The van der Waals surface area contributed by atoms with Crippen LogP contribution in [0.5, 0.6) is 0 Å². The second-order valence-electron chi connectivity index (χ2n) is 6.93. The van der Waals surface area contributed by atoms with Crippen molar-refractivity contribution in [3.63, 3.8) is 0 Å². The summed E-state index contributed by atoms with van der Waals surface area (Å²) in [6.07, 6.45) is 7.95. The van der Waals surface area contributed by atoms with E-state index in [1.807, 2.05) is 6.92 Å². The molecule has 0 aromatic carbocycles. The third kappa shape index (κ3) is 3.19. The van der Waals surface area contributed by atoms with Crippen LogP contribution in [-0.4, -0.2) is 29.6 Å². The SMILES string of the molecule is CCCNC1CC2CCCC(C1)N2C(C)c1ccc(C)o1. The lowest BCUT2D eigenvalue weighted by molar-refractivity contribution is -0.0125. The van der Waals surface area contributed by atoms with Crippen molar-refractivity contribution in [2.24, 2.45) is 0 Å². The summed E-state index contributed by atoms with van der Waals surface area (Å²) in [6.45, 7) is 7.78. The van der Waals surface area contributed by atoms with Gasteiger partial charge in [-0.15, -0.1) is 0 Å². The molecule has 2 fully saturated rings. The largest absolute Gasteiger partial charge is 0.465 e. The highest BCUT2D eigenvalue weighted by Gasteiger charge is 2.41. The van der Waals surface area contributed by atoms with Crippen molar-refractivity contribution in [1.29, 1.82) is 0 Å². The van der Waals surface area contributed by atoms with E-state index in [1.165, 1.54) is 38.5 Å². The Balaban J connectivity index is 1.71. The number of nitrogens with zero attached hydrogens (tertiary/aromatic N) is 1. The first kappa shape index (κ1) is 15.1. The van der Waals surface area contributed by atoms with Crippen molar-refractivity contribution in [3.8, 4) is 0 Å². The van der Waals surface area contributed by atoms with Crippen molar-refractivity contribution in [3.05, 3.63) is 23.7 Å². The molecule has 118 valence electrons. The Kier molecular flexibility index (Phi) is 4.70. The fourth-order valence-electron chi connectivity index (χ4n) is 4.39. The fourth-order valence-corrected chi connectivity index (χ4v) is 4.39. The van der Waals surface area contributed by atoms with Crippen LogP contribution in [-0.2, 0) is 0 Å². The van der Waals surface area contributed by atoms with Crippen LogP contribution in [0.3, 0.4) is 0 Å². The number of hydrogen-bond donors (Lipinski definition) is 1. The molecule has 0 spiro atoms. The Bertz CT molecular complexity index is 442. The summed E-state index contributed by atoms with van der Waals surface area (Å²) in [6, 6.07) is 6.86. The number of fused-ring (bicyclic) bond motifs is 2. The van der Waals surface area contributed by atoms with Crippen LogP contribution >= 0.6 is 0 Å². The standard InChI is InChI=1S/C18H30N2O/c1-4-10-19-15-11-16-6-5-7-17(12-15)20(16)14(3)18-9-8-13(2)21-18/h8-9,14-17,19H,4-7,10-12H2,1-3H3. The molecule has 3 heteroatoms. The lowest BCUT2D eigenvalue weighted by Gasteiger charge is -2.51. The fraction of sp³-hybridized carbons (Fsp3) is 0.778. The molecular weight excluding hydrogens is 260 g/mol. The zero-order chi connectivity index (χ0) is 14.8. The molecule has 3 nitrogen and oxygen atoms in total. The zero-order valence-electron chi connectivity index (χ0n) is 13.8. The highest BCUT2D eigenvalue weighted by Crippen LogP contribution is 2.40. The molecule has 2 aliphatic rings. The van der Waals surface area contributed by atoms with Crippen molar-refractivity contribution in [2.75, 3.05) is 6.54 Å². The Hall–Kier alpha value is -0.800. The van der Waals surface area contributed by atoms with Gasteiger partial charge in [0.05, 0.1) is 6.04 Å². The first-order valence-electron chi connectivity index (χ1n) is 8.76. The number of piperidine rings is 2. The molecule has 2 bridgehead atoms. The van der Waals surface area contributed by atoms with Gasteiger partial charge in [-0.2, -0.15) is 0 Å². The third-order valence-corrected chi connectivity index (χ3v) is 5.33. The van der Waals surface area contributed by atoms with Crippen molar-refractivity contribution < 1.29 is 4.42 Å². The smallest absolute Gasteiger partial charge is 0.121 e. The minimum absolute atomic E-state index is 0.418. The molecular formula is C18H30N2O. The summed E-state index contributed by atoms with van der Waals surface area (Å²) in [5, 5.41) is 3.75. The topological polar surface area (TPSA) is 28.4 Å². The number of aryl methyl sites for hydroxylation is 1. The summed E-state index contributed by atoms with van der Waals surface area (Å²) in [4.78, 5) is 2.76. The molecule has 0 radical (unpaired) electrons. The maximum atomic E-state index is 5.90. The van der Waals surface area contributed by atoms with Gasteiger partial charge in [0.2, 0.25) is 0 Å². The molecule has 0 saturated carbocycles. The van der Waals surface area contributed by atoms with Crippen molar-refractivity contribution in [1.82, 2.24) is 10.2 Å². The second-order valence-corrected chi connectivity index (χ2v) is 6.93. The molecule has 1 aromatic rings. The lowest BCUT2D eigenvalue weighted by atomic mass is 9.80. The van der Waals surface area contributed by atoms with Gasteiger partial charge in [-0.05, 0) is 64.6 Å². The highest BCUT2D eigenvalue weighted by atomic mass is 16.3. The summed E-state index contributed by atoms with van der Waals surface area (Å²) in [5.41, 5.74) is 0. The van der Waals surface area contributed by atoms with E-state index in [-0.39, 0.29) is 0 Å². The minimum atomic E-state index is 0.418. The van der Waals surface area contributed by atoms with E-state index in [0.29, 0.717) is 6.04 Å². The molecule has 1 aromatic heterocycles. The van der Waals surface area contributed by atoms with Gasteiger partial charge in [0.25, 0.3) is 0 Å². The molecule has 3 rings (SSSR count). The predicted octanol–water partition coefficient (Wildman–Crippen LogP) is 4.03. The maximum Gasteiger partial charge on any atom is 0.121 e. The number of furan rings is 1. The number of hydrogen-bond acceptors (Lipinski definition) is 3. The van der Waals surface area contributed by atoms with Crippen LogP contribution in [0.1, 0.15) is 69.9 Å². The molecule has 0 aliphatic carbocycles. The summed E-state index contributed by atoms with van der Waals surface area (Å²) >= 11 is 0. The molecule has 0 amide bonds. The average molecular weight is 290 g/mol. The second kappa shape index (κ2) is 6.53. The summed E-state index contributed by atoms with van der Waals surface area (Å²) in [7, 11) is 0. The highest BCUT2D eigenvalue weighted by molar-refractivity contribution is 5.11. The Morgan fingerprint density at radius 1 is 1.29 bits per heavy atom. The average Bonchev–Trinajstić information content (AvgIpc) is 2.90. The molecule has 1 N–H and O–H groups in total. The van der Waals surface area contributed by atoms with E-state index in [0.717, 1.165) is 36.2 Å². The number of rotatable bonds is 5. The Morgan fingerprint density at radius 2 is 2.00 bits per heavy atom. The van der Waals surface area contributed by atoms with Crippen molar-refractivity contribution >= 4 is 0 Å². The number of nitrogens with one attached hydrogen (secondary N) is 1. The molecule has 2 aliphatic heterocycles. The van der Waals surface area contributed by atoms with Gasteiger partial charge in [0.15, 0.2) is 0 Å². The molecule has 2 saturated heterocycles. The zero-order valence-corrected chi connectivity index (χ0v) is 13.8. The first-order chi connectivity index (χ1) is 10.2. The van der Waals surface area contributed by atoms with E-state index in [2.05, 4.69) is 36.2 Å². The van der Waals surface area contributed by atoms with Crippen LogP contribution in [0.25, 0.3) is 0 Å². The monoisotopic (exact) mass is 290 g/mol. The summed E-state index contributed by atoms with van der Waals surface area (Å²) in [5.74, 6) is 2.17. The molecule has 3 atom stereocenters. The van der Waals surface area contributed by atoms with E-state index in [9.17, 15) is 0 Å². The van der Waals surface area contributed by atoms with Crippen LogP contribution in [0.2, 0.25) is 0 Å². The van der Waals surface area contributed by atoms with Gasteiger partial charge < -0.3 is 9.73 Å². The maximum absolute atomic E-state index is 5.90. The molecule has 3 unspecified atom stereocenters. The predicted molar refractivity (Wildman–Crippen MR) is 86.4 cm³/mol. The van der Waals surface area contributed by atoms with Gasteiger partial charge in [-0.1, -0.05) is 13.3 Å². The van der Waals surface area contributed by atoms with Crippen LogP contribution in [0.15, 0.2) is 16.5 Å². The van der Waals surface area contributed by atoms with Gasteiger partial charge in [-0.3, -0.25) is 4.90 Å². The van der Waals surface area contributed by atoms with Gasteiger partial charge in [0, 0.05) is 18.1 Å². The lowest BCUT2D eigenvalue weighted by Crippen LogP contribution is -2.56. The van der Waals surface area contributed by atoms with E-state index < -0.39 is 0 Å². The van der Waals surface area contributed by atoms with E-state index >= 15 is 0 Å². The molecule has 3 heterocycles. The minimum Gasteiger partial charge on any atom is -0.465 e. The van der Waals surface area contributed by atoms with Gasteiger partial charge in [0.1, 0.15) is 11.5 Å². The Labute approximate surface area is 129 Å². The third-order valence-electron chi connectivity index (χ3n) is 5.33.